The van der Waals surface area contributed by atoms with E-state index < -0.39 is 0 Å². The summed E-state index contributed by atoms with van der Waals surface area (Å²) in [5.74, 6) is 0.752. The lowest BCUT2D eigenvalue weighted by Gasteiger charge is -2.05. The van der Waals surface area contributed by atoms with E-state index in [-0.39, 0.29) is 0 Å². The summed E-state index contributed by atoms with van der Waals surface area (Å²) in [5.41, 5.74) is 4.55. The molecule has 0 radical (unpaired) electrons. The van der Waals surface area contributed by atoms with Gasteiger partial charge in [0.05, 0.1) is 0 Å². The van der Waals surface area contributed by atoms with E-state index in [0.717, 1.165) is 12.3 Å². The second-order valence-corrected chi connectivity index (χ2v) is 5.44. The van der Waals surface area contributed by atoms with Crippen molar-refractivity contribution in [1.29, 1.82) is 0 Å². The Balaban J connectivity index is 2.10. The van der Waals surface area contributed by atoms with Gasteiger partial charge >= 0.3 is 0 Å². The normalized spacial score (nSPS) is 14.2. The average molecular weight is 222 g/mol. The Kier molecular flexibility index (Phi) is 2.51. The van der Waals surface area contributed by atoms with Crippen molar-refractivity contribution in [3.8, 4) is 0 Å². The number of benzene rings is 2. The summed E-state index contributed by atoms with van der Waals surface area (Å²) in [6.45, 7) is 4.59. The standard InChI is InChI=1S/C17H18/c1-12(2)9-13-10-15-8-7-14-5-3-4-6-16(14)17(15)11-13/h3-8,11-12H,9-10H2,1-2H3. The van der Waals surface area contributed by atoms with Gasteiger partial charge in [0, 0.05) is 0 Å². The molecule has 0 N–H and O–H groups in total. The summed E-state index contributed by atoms with van der Waals surface area (Å²) in [5, 5.41) is 2.76. The molecule has 2 aromatic carbocycles. The summed E-state index contributed by atoms with van der Waals surface area (Å²) in [6.07, 6.45) is 4.79. The molecular formula is C17H18. The van der Waals surface area contributed by atoms with E-state index in [1.54, 1.807) is 5.57 Å². The molecule has 3 rings (SSSR count). The number of rotatable bonds is 2. The van der Waals surface area contributed by atoms with Crippen molar-refractivity contribution < 1.29 is 0 Å². The zero-order valence-electron chi connectivity index (χ0n) is 10.5. The molecule has 0 saturated carbocycles. The highest BCUT2D eigenvalue weighted by molar-refractivity contribution is 5.93. The summed E-state index contributed by atoms with van der Waals surface area (Å²) in [7, 11) is 0. The molecule has 0 nitrogen and oxygen atoms in total. The number of fused-ring (bicyclic) bond motifs is 3. The molecule has 0 fully saturated rings. The van der Waals surface area contributed by atoms with Crippen LogP contribution in [-0.4, -0.2) is 0 Å². The molecule has 0 aromatic heterocycles. The number of hydrogen-bond donors (Lipinski definition) is 0. The van der Waals surface area contributed by atoms with E-state index in [2.05, 4.69) is 56.3 Å². The van der Waals surface area contributed by atoms with Gasteiger partial charge in [-0.1, -0.05) is 61.9 Å². The van der Waals surface area contributed by atoms with E-state index in [9.17, 15) is 0 Å². The van der Waals surface area contributed by atoms with Crippen molar-refractivity contribution in [1.82, 2.24) is 0 Å². The SMILES string of the molecule is CC(C)CC1=Cc2c(ccc3ccccc23)C1. The molecule has 2 aromatic rings. The molecule has 17 heavy (non-hydrogen) atoms. The fourth-order valence-corrected chi connectivity index (χ4v) is 2.82. The predicted octanol–water partition coefficient (Wildman–Crippen LogP) is 4.83. The summed E-state index contributed by atoms with van der Waals surface area (Å²) >= 11 is 0. The topological polar surface area (TPSA) is 0 Å². The molecule has 86 valence electrons. The lowest BCUT2D eigenvalue weighted by atomic mass is 10.0. The minimum absolute atomic E-state index is 0.752. The van der Waals surface area contributed by atoms with Gasteiger partial charge < -0.3 is 0 Å². The van der Waals surface area contributed by atoms with Crippen LogP contribution in [-0.2, 0) is 6.42 Å². The third-order valence-corrected chi connectivity index (χ3v) is 3.50. The van der Waals surface area contributed by atoms with E-state index in [1.807, 2.05) is 0 Å². The first-order chi connectivity index (χ1) is 8.24. The molecular weight excluding hydrogens is 204 g/mol. The molecule has 0 unspecified atom stereocenters. The fourth-order valence-electron chi connectivity index (χ4n) is 2.82. The van der Waals surface area contributed by atoms with Gasteiger partial charge in [0.1, 0.15) is 0 Å². The Morgan fingerprint density at radius 2 is 1.88 bits per heavy atom. The fraction of sp³-hybridized carbons (Fsp3) is 0.294. The van der Waals surface area contributed by atoms with Crippen molar-refractivity contribution in [2.24, 2.45) is 5.92 Å². The van der Waals surface area contributed by atoms with Crippen molar-refractivity contribution in [2.45, 2.75) is 26.7 Å². The summed E-state index contributed by atoms with van der Waals surface area (Å²) in [4.78, 5) is 0. The van der Waals surface area contributed by atoms with E-state index in [4.69, 9.17) is 0 Å². The van der Waals surface area contributed by atoms with Crippen LogP contribution in [0.4, 0.5) is 0 Å². The first-order valence-corrected chi connectivity index (χ1v) is 6.44. The molecule has 0 atom stereocenters. The Labute approximate surface area is 103 Å². The van der Waals surface area contributed by atoms with Gasteiger partial charge in [-0.05, 0) is 40.7 Å². The van der Waals surface area contributed by atoms with E-state index in [0.29, 0.717) is 0 Å². The van der Waals surface area contributed by atoms with Gasteiger partial charge in [-0.2, -0.15) is 0 Å². The van der Waals surface area contributed by atoms with E-state index in [1.165, 1.54) is 28.3 Å². The highest BCUT2D eigenvalue weighted by Gasteiger charge is 2.15. The van der Waals surface area contributed by atoms with E-state index >= 15 is 0 Å². The first kappa shape index (κ1) is 10.6. The molecule has 1 aliphatic carbocycles. The summed E-state index contributed by atoms with van der Waals surface area (Å²) < 4.78 is 0. The monoisotopic (exact) mass is 222 g/mol. The van der Waals surface area contributed by atoms with Crippen LogP contribution in [0.1, 0.15) is 31.4 Å². The zero-order valence-corrected chi connectivity index (χ0v) is 10.5. The van der Waals surface area contributed by atoms with Crippen LogP contribution in [0.3, 0.4) is 0 Å². The van der Waals surface area contributed by atoms with Crippen molar-refractivity contribution in [3.63, 3.8) is 0 Å². The molecule has 0 spiro atoms. The maximum absolute atomic E-state index is 2.41. The van der Waals surface area contributed by atoms with Gasteiger partial charge in [-0.25, -0.2) is 0 Å². The minimum Gasteiger partial charge on any atom is -0.0649 e. The number of hydrogen-bond acceptors (Lipinski definition) is 0. The maximum atomic E-state index is 2.41. The molecule has 0 heteroatoms. The quantitative estimate of drug-likeness (QED) is 0.683. The van der Waals surface area contributed by atoms with Crippen molar-refractivity contribution >= 4 is 16.8 Å². The van der Waals surface area contributed by atoms with Crippen LogP contribution in [0.2, 0.25) is 0 Å². The van der Waals surface area contributed by atoms with Gasteiger partial charge in [-0.3, -0.25) is 0 Å². The second-order valence-electron chi connectivity index (χ2n) is 5.44. The van der Waals surface area contributed by atoms with Gasteiger partial charge in [-0.15, -0.1) is 0 Å². The van der Waals surface area contributed by atoms with Crippen LogP contribution in [0.25, 0.3) is 16.8 Å². The molecule has 0 bridgehead atoms. The largest absolute Gasteiger partial charge is 0.0649 e. The Morgan fingerprint density at radius 1 is 1.06 bits per heavy atom. The predicted molar refractivity (Wildman–Crippen MR) is 75.1 cm³/mol. The van der Waals surface area contributed by atoms with Crippen molar-refractivity contribution in [3.05, 3.63) is 53.1 Å². The van der Waals surface area contributed by atoms with Gasteiger partial charge in [0.2, 0.25) is 0 Å². The molecule has 0 heterocycles. The summed E-state index contributed by atoms with van der Waals surface area (Å²) in [6, 6.07) is 13.2. The first-order valence-electron chi connectivity index (χ1n) is 6.44. The maximum Gasteiger partial charge on any atom is -0.00575 e. The molecule has 0 amide bonds. The highest BCUT2D eigenvalue weighted by atomic mass is 14.2. The zero-order chi connectivity index (χ0) is 11.8. The third kappa shape index (κ3) is 1.88. The Bertz CT molecular complexity index is 588. The highest BCUT2D eigenvalue weighted by Crippen LogP contribution is 2.33. The van der Waals surface area contributed by atoms with Gasteiger partial charge in [0.25, 0.3) is 0 Å². The number of allylic oxidation sites excluding steroid dienone is 1. The van der Waals surface area contributed by atoms with Crippen LogP contribution in [0, 0.1) is 5.92 Å². The van der Waals surface area contributed by atoms with Crippen LogP contribution in [0.15, 0.2) is 42.0 Å². The minimum atomic E-state index is 0.752. The Hall–Kier alpha value is -1.56. The smallest absolute Gasteiger partial charge is 0.00575 e. The van der Waals surface area contributed by atoms with Crippen molar-refractivity contribution in [2.75, 3.05) is 0 Å². The van der Waals surface area contributed by atoms with Gasteiger partial charge in [0.15, 0.2) is 0 Å². The molecule has 0 aliphatic heterocycles. The average Bonchev–Trinajstić information content (AvgIpc) is 2.70. The lowest BCUT2D eigenvalue weighted by Crippen LogP contribution is -1.91. The Morgan fingerprint density at radius 3 is 2.71 bits per heavy atom. The van der Waals surface area contributed by atoms with Crippen LogP contribution < -0.4 is 0 Å². The lowest BCUT2D eigenvalue weighted by molar-refractivity contribution is 0.638. The second kappa shape index (κ2) is 4.03. The molecule has 1 aliphatic rings. The van der Waals surface area contributed by atoms with Crippen LogP contribution in [0.5, 0.6) is 0 Å². The molecule has 0 saturated heterocycles. The third-order valence-electron chi connectivity index (χ3n) is 3.50. The van der Waals surface area contributed by atoms with Crippen LogP contribution >= 0.6 is 0 Å².